The van der Waals surface area contributed by atoms with Crippen molar-refractivity contribution >= 4 is 0 Å². The summed E-state index contributed by atoms with van der Waals surface area (Å²) in [7, 11) is 0. The Labute approximate surface area is 91.0 Å². The van der Waals surface area contributed by atoms with Gasteiger partial charge in [0.1, 0.15) is 5.76 Å². The lowest BCUT2D eigenvalue weighted by Gasteiger charge is -2.24. The molecule has 15 heavy (non-hydrogen) atoms. The second kappa shape index (κ2) is 3.63. The number of hydrogen-bond acceptors (Lipinski definition) is 3. The van der Waals surface area contributed by atoms with Crippen molar-refractivity contribution in [2.24, 2.45) is 5.73 Å². The third kappa shape index (κ3) is 1.81. The maximum absolute atomic E-state index is 5.82. The van der Waals surface area contributed by atoms with Gasteiger partial charge in [-0.2, -0.15) is 0 Å². The summed E-state index contributed by atoms with van der Waals surface area (Å²) in [5, 5.41) is 4.24. The third-order valence-corrected chi connectivity index (χ3v) is 3.16. The minimum absolute atomic E-state index is 0.0574. The average molecular weight is 208 g/mol. The van der Waals surface area contributed by atoms with Crippen molar-refractivity contribution in [2.75, 3.05) is 6.54 Å². The Balaban J connectivity index is 2.47. The molecule has 0 saturated heterocycles. The number of fused-ring (bicyclic) bond motifs is 1. The summed E-state index contributed by atoms with van der Waals surface area (Å²) in [6, 6.07) is 0. The molecular weight excluding hydrogens is 188 g/mol. The first-order chi connectivity index (χ1) is 7.04. The molecule has 2 N–H and O–H groups in total. The van der Waals surface area contributed by atoms with Crippen LogP contribution in [-0.2, 0) is 11.8 Å². The second-order valence-electron chi connectivity index (χ2n) is 5.44. The molecule has 84 valence electrons. The minimum atomic E-state index is 0.0574. The highest BCUT2D eigenvalue weighted by molar-refractivity contribution is 5.34. The van der Waals surface area contributed by atoms with Crippen LogP contribution in [0.1, 0.15) is 56.5 Å². The lowest BCUT2D eigenvalue weighted by molar-refractivity contribution is 0.355. The smallest absolute Gasteiger partial charge is 0.140 e. The van der Waals surface area contributed by atoms with E-state index in [1.807, 2.05) is 0 Å². The molecule has 0 aliphatic heterocycles. The zero-order valence-electron chi connectivity index (χ0n) is 9.84. The molecule has 1 aliphatic carbocycles. The molecule has 0 saturated carbocycles. The van der Waals surface area contributed by atoms with E-state index < -0.39 is 0 Å². The highest BCUT2D eigenvalue weighted by Gasteiger charge is 2.32. The Hall–Kier alpha value is -0.830. The van der Waals surface area contributed by atoms with Gasteiger partial charge in [0.15, 0.2) is 0 Å². The van der Waals surface area contributed by atoms with Gasteiger partial charge in [-0.3, -0.25) is 0 Å². The summed E-state index contributed by atoms with van der Waals surface area (Å²) in [6.07, 6.45) is 3.37. The Bertz CT molecular complexity index is 349. The molecule has 1 aromatic rings. The number of aromatic nitrogens is 1. The summed E-state index contributed by atoms with van der Waals surface area (Å²) in [5.41, 5.74) is 8.28. The van der Waals surface area contributed by atoms with Crippen LogP contribution >= 0.6 is 0 Å². The van der Waals surface area contributed by atoms with E-state index in [9.17, 15) is 0 Å². The molecule has 1 unspecified atom stereocenters. The average Bonchev–Trinajstić information content (AvgIpc) is 2.59. The highest BCUT2D eigenvalue weighted by atomic mass is 16.5. The van der Waals surface area contributed by atoms with E-state index in [4.69, 9.17) is 10.3 Å². The predicted octanol–water partition coefficient (Wildman–Crippen LogP) is 2.35. The van der Waals surface area contributed by atoms with Crippen molar-refractivity contribution in [3.63, 3.8) is 0 Å². The van der Waals surface area contributed by atoms with Gasteiger partial charge in [-0.05, 0) is 19.4 Å². The Kier molecular flexibility index (Phi) is 2.59. The Morgan fingerprint density at radius 3 is 2.80 bits per heavy atom. The van der Waals surface area contributed by atoms with E-state index in [-0.39, 0.29) is 5.41 Å². The fourth-order valence-corrected chi connectivity index (χ4v) is 2.36. The van der Waals surface area contributed by atoms with Gasteiger partial charge in [-0.25, -0.2) is 0 Å². The van der Waals surface area contributed by atoms with Crippen molar-refractivity contribution < 1.29 is 4.52 Å². The largest absolute Gasteiger partial charge is 0.361 e. The number of rotatable bonds is 1. The van der Waals surface area contributed by atoms with E-state index in [2.05, 4.69) is 25.9 Å². The zero-order valence-corrected chi connectivity index (χ0v) is 9.84. The van der Waals surface area contributed by atoms with Gasteiger partial charge in [0.2, 0.25) is 0 Å². The van der Waals surface area contributed by atoms with E-state index in [0.29, 0.717) is 12.5 Å². The van der Waals surface area contributed by atoms with Crippen LogP contribution in [0.25, 0.3) is 0 Å². The molecule has 0 amide bonds. The van der Waals surface area contributed by atoms with Crippen LogP contribution in [-0.4, -0.2) is 11.7 Å². The molecule has 3 nitrogen and oxygen atoms in total. The molecule has 0 fully saturated rings. The van der Waals surface area contributed by atoms with Crippen molar-refractivity contribution in [1.29, 1.82) is 0 Å². The monoisotopic (exact) mass is 208 g/mol. The van der Waals surface area contributed by atoms with Crippen LogP contribution in [0.4, 0.5) is 0 Å². The number of hydrogen-bond donors (Lipinski definition) is 1. The molecule has 1 atom stereocenters. The topological polar surface area (TPSA) is 52.0 Å². The second-order valence-corrected chi connectivity index (χ2v) is 5.44. The maximum atomic E-state index is 5.82. The van der Waals surface area contributed by atoms with Crippen molar-refractivity contribution in [2.45, 2.75) is 51.4 Å². The van der Waals surface area contributed by atoms with Crippen molar-refractivity contribution in [3.05, 3.63) is 17.0 Å². The molecule has 0 spiro atoms. The molecule has 1 aromatic heterocycles. The van der Waals surface area contributed by atoms with E-state index in [0.717, 1.165) is 17.9 Å². The summed E-state index contributed by atoms with van der Waals surface area (Å²) in [5.74, 6) is 1.52. The summed E-state index contributed by atoms with van der Waals surface area (Å²) in [4.78, 5) is 0. The third-order valence-electron chi connectivity index (χ3n) is 3.16. The minimum Gasteiger partial charge on any atom is -0.361 e. The fraction of sp³-hybridized carbons (Fsp3) is 0.750. The molecule has 2 rings (SSSR count). The molecule has 0 bridgehead atoms. The fourth-order valence-electron chi connectivity index (χ4n) is 2.36. The number of nitrogens with zero attached hydrogens (tertiary/aromatic N) is 1. The summed E-state index contributed by atoms with van der Waals surface area (Å²) >= 11 is 0. The van der Waals surface area contributed by atoms with Gasteiger partial charge in [-0.15, -0.1) is 0 Å². The van der Waals surface area contributed by atoms with Gasteiger partial charge in [0.25, 0.3) is 0 Å². The predicted molar refractivity (Wildman–Crippen MR) is 59.9 cm³/mol. The van der Waals surface area contributed by atoms with Gasteiger partial charge in [-0.1, -0.05) is 25.9 Å². The van der Waals surface area contributed by atoms with Gasteiger partial charge < -0.3 is 10.3 Å². The maximum Gasteiger partial charge on any atom is 0.140 e. The summed E-state index contributed by atoms with van der Waals surface area (Å²) < 4.78 is 5.44. The first-order valence-corrected chi connectivity index (χ1v) is 5.73. The SMILES string of the molecule is CC(C)(C)c1noc2c1C(CN)CCC2. The van der Waals surface area contributed by atoms with Crippen molar-refractivity contribution in [3.8, 4) is 0 Å². The molecule has 1 heterocycles. The first-order valence-electron chi connectivity index (χ1n) is 5.73. The lowest BCUT2D eigenvalue weighted by Crippen LogP contribution is -2.22. The number of aryl methyl sites for hydroxylation is 1. The van der Waals surface area contributed by atoms with Crippen LogP contribution < -0.4 is 5.73 Å². The van der Waals surface area contributed by atoms with Crippen LogP contribution in [0.2, 0.25) is 0 Å². The molecule has 1 aliphatic rings. The quantitative estimate of drug-likeness (QED) is 0.770. The van der Waals surface area contributed by atoms with Crippen LogP contribution in [0.5, 0.6) is 0 Å². The van der Waals surface area contributed by atoms with Crippen LogP contribution in [0, 0.1) is 0 Å². The summed E-state index contributed by atoms with van der Waals surface area (Å²) in [6.45, 7) is 7.23. The van der Waals surface area contributed by atoms with Gasteiger partial charge in [0, 0.05) is 23.3 Å². The number of nitrogens with two attached hydrogens (primary N) is 1. The molecule has 0 radical (unpaired) electrons. The highest BCUT2D eigenvalue weighted by Crippen LogP contribution is 2.38. The lowest BCUT2D eigenvalue weighted by atomic mass is 9.79. The Morgan fingerprint density at radius 1 is 1.47 bits per heavy atom. The zero-order chi connectivity index (χ0) is 11.1. The van der Waals surface area contributed by atoms with E-state index >= 15 is 0 Å². The van der Waals surface area contributed by atoms with Crippen LogP contribution in [0.3, 0.4) is 0 Å². The van der Waals surface area contributed by atoms with Gasteiger partial charge >= 0.3 is 0 Å². The Morgan fingerprint density at radius 2 is 2.20 bits per heavy atom. The van der Waals surface area contributed by atoms with E-state index in [1.165, 1.54) is 18.4 Å². The van der Waals surface area contributed by atoms with Crippen LogP contribution in [0.15, 0.2) is 4.52 Å². The van der Waals surface area contributed by atoms with Gasteiger partial charge in [0.05, 0.1) is 5.69 Å². The standard InChI is InChI=1S/C12H20N2O/c1-12(2,3)11-10-8(7-13)5-4-6-9(10)15-14-11/h8H,4-7,13H2,1-3H3. The van der Waals surface area contributed by atoms with Crippen molar-refractivity contribution in [1.82, 2.24) is 5.16 Å². The molecule has 0 aromatic carbocycles. The molecule has 3 heteroatoms. The normalized spacial score (nSPS) is 21.5. The van der Waals surface area contributed by atoms with E-state index in [1.54, 1.807) is 0 Å². The first kappa shape index (κ1) is 10.7. The molecular formula is C12H20N2O.